The molecule has 10 rings (SSSR count). The van der Waals surface area contributed by atoms with Crippen LogP contribution in [0.3, 0.4) is 0 Å². The molecule has 0 saturated carbocycles. The first-order chi connectivity index (χ1) is 26.8. The molecular weight excluding hydrogens is 663 g/mol. The van der Waals surface area contributed by atoms with E-state index in [1.807, 2.05) is 0 Å². The molecule has 0 bridgehead atoms. The van der Waals surface area contributed by atoms with Gasteiger partial charge >= 0.3 is 0 Å². The van der Waals surface area contributed by atoms with Gasteiger partial charge in [0.05, 0.1) is 5.69 Å². The Morgan fingerprint density at radius 1 is 0.309 bits per heavy atom. The van der Waals surface area contributed by atoms with Crippen molar-refractivity contribution in [3.05, 3.63) is 210 Å². The minimum absolute atomic E-state index is 0.136. The van der Waals surface area contributed by atoms with Gasteiger partial charge < -0.3 is 4.90 Å². The second kappa shape index (κ2) is 12.6. The standard InChI is InChI=1S/C54H43N/c1-53(2)48-33-41(55(40-29-27-37(28-30-40)36-17-8-5-9-18-36)51-26-15-14-23-42(51)38-19-10-6-11-20-38)31-32-44(48)46-34-50-47(35-49(46)53)45-25-16-24-43(52(45)54(50,3)4)39-21-12-7-13-22-39/h5-35H,1-4H3. The van der Waals surface area contributed by atoms with Gasteiger partial charge in [0.1, 0.15) is 0 Å². The zero-order valence-corrected chi connectivity index (χ0v) is 31.8. The minimum Gasteiger partial charge on any atom is -0.310 e. The zero-order chi connectivity index (χ0) is 37.3. The number of nitrogens with zero attached hydrogens (tertiary/aromatic N) is 1. The van der Waals surface area contributed by atoms with Crippen LogP contribution >= 0.6 is 0 Å². The van der Waals surface area contributed by atoms with E-state index in [-0.39, 0.29) is 10.8 Å². The number of fused-ring (bicyclic) bond motifs is 6. The van der Waals surface area contributed by atoms with Gasteiger partial charge in [-0.2, -0.15) is 0 Å². The van der Waals surface area contributed by atoms with Crippen LogP contribution < -0.4 is 4.90 Å². The zero-order valence-electron chi connectivity index (χ0n) is 31.8. The molecule has 2 aliphatic carbocycles. The van der Waals surface area contributed by atoms with E-state index >= 15 is 0 Å². The number of hydrogen-bond acceptors (Lipinski definition) is 1. The third-order valence-corrected chi connectivity index (χ3v) is 12.3. The SMILES string of the molecule is CC1(C)c2cc(N(c3ccc(-c4ccccc4)cc3)c3ccccc3-c3ccccc3)ccc2-c2cc3c(cc21)-c1cccc(-c2ccccc2)c1C3(C)C. The highest BCUT2D eigenvalue weighted by atomic mass is 15.1. The first-order valence-corrected chi connectivity index (χ1v) is 19.4. The quantitative estimate of drug-likeness (QED) is 0.166. The second-order valence-corrected chi connectivity index (χ2v) is 16.1. The fourth-order valence-corrected chi connectivity index (χ4v) is 9.48. The molecule has 264 valence electrons. The summed E-state index contributed by atoms with van der Waals surface area (Å²) in [6, 6.07) is 69.2. The van der Waals surface area contributed by atoms with Gasteiger partial charge in [0.15, 0.2) is 0 Å². The molecule has 0 aliphatic heterocycles. The van der Waals surface area contributed by atoms with E-state index in [9.17, 15) is 0 Å². The highest BCUT2D eigenvalue weighted by Gasteiger charge is 2.43. The summed E-state index contributed by atoms with van der Waals surface area (Å²) in [6.07, 6.45) is 0. The van der Waals surface area contributed by atoms with Crippen LogP contribution in [0.15, 0.2) is 188 Å². The second-order valence-electron chi connectivity index (χ2n) is 16.1. The summed E-state index contributed by atoms with van der Waals surface area (Å²) in [5.41, 5.74) is 21.6. The first-order valence-electron chi connectivity index (χ1n) is 19.4. The molecule has 0 amide bonds. The van der Waals surface area contributed by atoms with Gasteiger partial charge in [-0.05, 0) is 115 Å². The van der Waals surface area contributed by atoms with Gasteiger partial charge in [-0.3, -0.25) is 0 Å². The summed E-state index contributed by atoms with van der Waals surface area (Å²) in [4.78, 5) is 2.45. The van der Waals surface area contributed by atoms with Gasteiger partial charge in [0, 0.05) is 27.8 Å². The molecule has 55 heavy (non-hydrogen) atoms. The number of para-hydroxylation sites is 1. The van der Waals surface area contributed by atoms with Gasteiger partial charge in [-0.25, -0.2) is 0 Å². The molecule has 0 atom stereocenters. The Balaban J connectivity index is 1.12. The lowest BCUT2D eigenvalue weighted by Crippen LogP contribution is -2.18. The molecule has 8 aromatic rings. The van der Waals surface area contributed by atoms with E-state index in [0.717, 1.165) is 17.1 Å². The lowest BCUT2D eigenvalue weighted by atomic mass is 9.77. The fourth-order valence-electron chi connectivity index (χ4n) is 9.48. The Hall–Kier alpha value is -6.44. The fraction of sp³-hybridized carbons (Fsp3) is 0.111. The number of benzene rings is 8. The van der Waals surface area contributed by atoms with Crippen molar-refractivity contribution in [2.45, 2.75) is 38.5 Å². The van der Waals surface area contributed by atoms with E-state index < -0.39 is 0 Å². The summed E-state index contributed by atoms with van der Waals surface area (Å²) in [5, 5.41) is 0. The Kier molecular flexibility index (Phi) is 7.58. The largest absolute Gasteiger partial charge is 0.310 e. The number of rotatable bonds is 6. The average Bonchev–Trinajstić information content (AvgIpc) is 3.60. The highest BCUT2D eigenvalue weighted by molar-refractivity contribution is 5.95. The Bertz CT molecular complexity index is 2720. The van der Waals surface area contributed by atoms with Crippen molar-refractivity contribution in [1.82, 2.24) is 0 Å². The number of hydrogen-bond donors (Lipinski definition) is 0. The van der Waals surface area contributed by atoms with Gasteiger partial charge in [-0.15, -0.1) is 0 Å². The maximum absolute atomic E-state index is 2.53. The van der Waals surface area contributed by atoms with Crippen molar-refractivity contribution in [2.24, 2.45) is 0 Å². The van der Waals surface area contributed by atoms with Crippen LogP contribution in [0, 0.1) is 0 Å². The number of anilines is 3. The molecule has 0 spiro atoms. The normalized spacial score (nSPS) is 14.1. The van der Waals surface area contributed by atoms with Crippen LogP contribution in [0.5, 0.6) is 0 Å². The summed E-state index contributed by atoms with van der Waals surface area (Å²) >= 11 is 0. The average molecular weight is 706 g/mol. The van der Waals surface area contributed by atoms with Crippen molar-refractivity contribution in [2.75, 3.05) is 4.90 Å². The van der Waals surface area contributed by atoms with Crippen molar-refractivity contribution < 1.29 is 0 Å². The van der Waals surface area contributed by atoms with Gasteiger partial charge in [0.25, 0.3) is 0 Å². The van der Waals surface area contributed by atoms with Crippen LogP contribution in [-0.2, 0) is 10.8 Å². The molecule has 0 aromatic heterocycles. The molecule has 8 aromatic carbocycles. The summed E-state index contributed by atoms with van der Waals surface area (Å²) < 4.78 is 0. The van der Waals surface area contributed by atoms with Crippen molar-refractivity contribution in [3.63, 3.8) is 0 Å². The van der Waals surface area contributed by atoms with E-state index in [2.05, 4.69) is 221 Å². The third kappa shape index (κ3) is 5.22. The molecular formula is C54H43N. The lowest BCUT2D eigenvalue weighted by Gasteiger charge is -2.30. The topological polar surface area (TPSA) is 3.24 Å². The molecule has 0 heterocycles. The molecule has 0 fully saturated rings. The smallest absolute Gasteiger partial charge is 0.0540 e. The Labute approximate surface area is 325 Å². The van der Waals surface area contributed by atoms with Crippen molar-refractivity contribution >= 4 is 17.1 Å². The molecule has 1 nitrogen and oxygen atoms in total. The summed E-state index contributed by atoms with van der Waals surface area (Å²) in [6.45, 7) is 9.63. The van der Waals surface area contributed by atoms with Crippen LogP contribution in [-0.4, -0.2) is 0 Å². The Morgan fingerprint density at radius 2 is 0.782 bits per heavy atom. The molecule has 0 unspecified atom stereocenters. The molecule has 0 radical (unpaired) electrons. The van der Waals surface area contributed by atoms with E-state index in [0.29, 0.717) is 0 Å². The van der Waals surface area contributed by atoms with Gasteiger partial charge in [-0.1, -0.05) is 173 Å². The summed E-state index contributed by atoms with van der Waals surface area (Å²) in [5.74, 6) is 0. The summed E-state index contributed by atoms with van der Waals surface area (Å²) in [7, 11) is 0. The monoisotopic (exact) mass is 705 g/mol. The van der Waals surface area contributed by atoms with Crippen molar-refractivity contribution in [1.29, 1.82) is 0 Å². The molecule has 2 aliphatic rings. The van der Waals surface area contributed by atoms with Crippen LogP contribution in [0.2, 0.25) is 0 Å². The highest BCUT2D eigenvalue weighted by Crippen LogP contribution is 2.58. The van der Waals surface area contributed by atoms with Crippen molar-refractivity contribution in [3.8, 4) is 55.6 Å². The van der Waals surface area contributed by atoms with Crippen LogP contribution in [0.4, 0.5) is 17.1 Å². The molecule has 0 saturated heterocycles. The van der Waals surface area contributed by atoms with Crippen LogP contribution in [0.25, 0.3) is 55.6 Å². The van der Waals surface area contributed by atoms with E-state index in [1.54, 1.807) is 0 Å². The molecule has 0 N–H and O–H groups in total. The maximum Gasteiger partial charge on any atom is 0.0540 e. The minimum atomic E-state index is -0.193. The Morgan fingerprint density at radius 3 is 1.45 bits per heavy atom. The lowest BCUT2D eigenvalue weighted by molar-refractivity contribution is 0.653. The predicted octanol–water partition coefficient (Wildman–Crippen LogP) is 14.8. The predicted molar refractivity (Wildman–Crippen MR) is 233 cm³/mol. The van der Waals surface area contributed by atoms with Gasteiger partial charge in [0.2, 0.25) is 0 Å². The van der Waals surface area contributed by atoms with E-state index in [1.165, 1.54) is 77.9 Å². The molecule has 1 heteroatoms. The van der Waals surface area contributed by atoms with Crippen LogP contribution in [0.1, 0.15) is 49.9 Å². The maximum atomic E-state index is 2.53. The van der Waals surface area contributed by atoms with E-state index in [4.69, 9.17) is 0 Å². The third-order valence-electron chi connectivity index (χ3n) is 12.3. The first kappa shape index (κ1) is 33.2.